The number of amides is 2. The number of urea groups is 1. The Balaban J connectivity index is 1.14. The smallest absolute Gasteiger partial charge is 0.340 e. The van der Waals surface area contributed by atoms with E-state index in [0.29, 0.717) is 28.6 Å². The number of anilines is 2. The number of ether oxygens (including phenoxy) is 3. The van der Waals surface area contributed by atoms with E-state index in [-0.39, 0.29) is 0 Å². The van der Waals surface area contributed by atoms with E-state index in [0.717, 1.165) is 49.8 Å². The van der Waals surface area contributed by atoms with Gasteiger partial charge in [-0.25, -0.2) is 14.3 Å². The van der Waals surface area contributed by atoms with Gasteiger partial charge < -0.3 is 19.5 Å². The number of carbonyl (C=O) groups excluding carboxylic acids is 2. The number of rotatable bonds is 9. The molecule has 1 fully saturated rings. The van der Waals surface area contributed by atoms with Crippen molar-refractivity contribution in [1.82, 2.24) is 19.9 Å². The largest absolute Gasteiger partial charge is 0.492 e. The van der Waals surface area contributed by atoms with Gasteiger partial charge in [0.25, 0.3) is 0 Å². The van der Waals surface area contributed by atoms with E-state index >= 15 is 0 Å². The lowest BCUT2D eigenvalue weighted by Gasteiger charge is -2.26. The standard InChI is InChI=1S/C27H28N6O5S/c1-36-26(34)23-10-17-39-25(23)29-27(35)28-20-4-2-19(3-5-20)24-18-33(31-30-24)21-6-8-22(9-7-21)38-16-13-32-11-14-37-15-12-32/h2-10,17-18H,11-16H2,1H3,(H2,28,29,35). The van der Waals surface area contributed by atoms with Crippen LogP contribution in [0.4, 0.5) is 15.5 Å². The van der Waals surface area contributed by atoms with Crippen molar-refractivity contribution in [3.63, 3.8) is 0 Å². The Bertz CT molecular complexity index is 1400. The van der Waals surface area contributed by atoms with Crippen molar-refractivity contribution in [3.05, 3.63) is 71.7 Å². The number of hydrogen-bond donors (Lipinski definition) is 2. The molecular weight excluding hydrogens is 520 g/mol. The molecule has 0 aliphatic carbocycles. The lowest BCUT2D eigenvalue weighted by molar-refractivity contribution is 0.0322. The SMILES string of the molecule is COC(=O)c1ccsc1NC(=O)Nc1ccc(-c2cn(-c3ccc(OCCN4CCOCC4)cc3)nn2)cc1. The van der Waals surface area contributed by atoms with E-state index in [1.807, 2.05) is 42.6 Å². The Kier molecular flexibility index (Phi) is 8.46. The summed E-state index contributed by atoms with van der Waals surface area (Å²) in [6.45, 7) is 4.95. The first-order valence-corrected chi connectivity index (χ1v) is 13.3. The highest BCUT2D eigenvalue weighted by Gasteiger charge is 2.16. The molecule has 2 aromatic heterocycles. The Morgan fingerprint density at radius 1 is 1.03 bits per heavy atom. The molecule has 0 saturated carbocycles. The van der Waals surface area contributed by atoms with E-state index in [4.69, 9.17) is 14.2 Å². The highest BCUT2D eigenvalue weighted by atomic mass is 32.1. The highest BCUT2D eigenvalue weighted by molar-refractivity contribution is 7.14. The van der Waals surface area contributed by atoms with Crippen LogP contribution in [0.15, 0.2) is 66.2 Å². The van der Waals surface area contributed by atoms with Crippen molar-refractivity contribution in [1.29, 1.82) is 0 Å². The summed E-state index contributed by atoms with van der Waals surface area (Å²) in [6, 6.07) is 16.1. The third-order valence-electron chi connectivity index (χ3n) is 6.11. The van der Waals surface area contributed by atoms with Crippen molar-refractivity contribution in [2.45, 2.75) is 0 Å². The Hall–Kier alpha value is -4.26. The highest BCUT2D eigenvalue weighted by Crippen LogP contribution is 2.25. The fraction of sp³-hybridized carbons (Fsp3) is 0.259. The predicted molar refractivity (Wildman–Crippen MR) is 148 cm³/mol. The Morgan fingerprint density at radius 3 is 2.54 bits per heavy atom. The van der Waals surface area contributed by atoms with Crippen LogP contribution in [-0.2, 0) is 9.47 Å². The molecule has 0 unspecified atom stereocenters. The minimum atomic E-state index is -0.507. The molecule has 3 heterocycles. The summed E-state index contributed by atoms with van der Waals surface area (Å²) in [5, 5.41) is 16.1. The van der Waals surface area contributed by atoms with Crippen molar-refractivity contribution in [2.75, 3.05) is 57.2 Å². The van der Waals surface area contributed by atoms with Gasteiger partial charge in [0.1, 0.15) is 23.1 Å². The van der Waals surface area contributed by atoms with E-state index in [2.05, 4.69) is 25.8 Å². The number of benzene rings is 2. The first kappa shape index (κ1) is 26.4. The zero-order valence-corrected chi connectivity index (χ0v) is 22.1. The van der Waals surface area contributed by atoms with Crippen LogP contribution in [0.25, 0.3) is 16.9 Å². The molecule has 0 bridgehead atoms. The summed E-state index contributed by atoms with van der Waals surface area (Å²) in [5.74, 6) is 0.299. The van der Waals surface area contributed by atoms with Crippen LogP contribution in [0, 0.1) is 0 Å². The van der Waals surface area contributed by atoms with Gasteiger partial charge in [-0.05, 0) is 47.8 Å². The maximum absolute atomic E-state index is 12.4. The minimum Gasteiger partial charge on any atom is -0.492 e. The molecule has 0 radical (unpaired) electrons. The Morgan fingerprint density at radius 2 is 1.79 bits per heavy atom. The van der Waals surface area contributed by atoms with Gasteiger partial charge in [0, 0.05) is 30.9 Å². The molecule has 2 amide bonds. The van der Waals surface area contributed by atoms with Crippen LogP contribution >= 0.6 is 11.3 Å². The summed E-state index contributed by atoms with van der Waals surface area (Å²) in [6.07, 6.45) is 1.84. The average Bonchev–Trinajstić information content (AvgIpc) is 3.64. The number of esters is 1. The summed E-state index contributed by atoms with van der Waals surface area (Å²) in [5.41, 5.74) is 3.30. The number of nitrogens with zero attached hydrogens (tertiary/aromatic N) is 4. The van der Waals surface area contributed by atoms with Crippen LogP contribution in [0.2, 0.25) is 0 Å². The molecule has 1 aliphatic heterocycles. The summed E-state index contributed by atoms with van der Waals surface area (Å²) < 4.78 is 17.7. The molecule has 1 saturated heterocycles. The number of carbonyl (C=O) groups is 2. The normalized spacial score (nSPS) is 13.6. The molecule has 11 nitrogen and oxygen atoms in total. The van der Waals surface area contributed by atoms with Crippen molar-refractivity contribution >= 4 is 34.0 Å². The lowest BCUT2D eigenvalue weighted by Crippen LogP contribution is -2.38. The van der Waals surface area contributed by atoms with Crippen LogP contribution < -0.4 is 15.4 Å². The first-order chi connectivity index (χ1) is 19.1. The van der Waals surface area contributed by atoms with Gasteiger partial charge in [-0.1, -0.05) is 17.3 Å². The molecule has 4 aromatic rings. The lowest BCUT2D eigenvalue weighted by atomic mass is 10.1. The van der Waals surface area contributed by atoms with Gasteiger partial charge in [-0.3, -0.25) is 10.2 Å². The van der Waals surface area contributed by atoms with Crippen molar-refractivity contribution in [2.24, 2.45) is 0 Å². The number of hydrogen-bond acceptors (Lipinski definition) is 9. The van der Waals surface area contributed by atoms with E-state index in [9.17, 15) is 9.59 Å². The van der Waals surface area contributed by atoms with Crippen LogP contribution in [0.5, 0.6) is 5.75 Å². The monoisotopic (exact) mass is 548 g/mol. The van der Waals surface area contributed by atoms with Gasteiger partial charge in [0.15, 0.2) is 0 Å². The molecule has 0 spiro atoms. The van der Waals surface area contributed by atoms with E-state index < -0.39 is 12.0 Å². The fourth-order valence-electron chi connectivity index (χ4n) is 4.00. The number of thiophene rings is 1. The first-order valence-electron chi connectivity index (χ1n) is 12.4. The molecule has 0 atom stereocenters. The van der Waals surface area contributed by atoms with E-state index in [1.165, 1.54) is 18.4 Å². The maximum atomic E-state index is 12.4. The second-order valence-electron chi connectivity index (χ2n) is 8.66. The number of methoxy groups -OCH3 is 1. The van der Waals surface area contributed by atoms with Crippen LogP contribution in [0.1, 0.15) is 10.4 Å². The maximum Gasteiger partial charge on any atom is 0.340 e. The zero-order chi connectivity index (χ0) is 27.0. The molecule has 12 heteroatoms. The summed E-state index contributed by atoms with van der Waals surface area (Å²) in [4.78, 5) is 26.5. The quantitative estimate of drug-likeness (QED) is 0.300. The van der Waals surface area contributed by atoms with Crippen molar-refractivity contribution < 1.29 is 23.8 Å². The molecule has 2 N–H and O–H groups in total. The molecule has 202 valence electrons. The average molecular weight is 549 g/mol. The molecule has 1 aliphatic rings. The molecule has 5 rings (SSSR count). The van der Waals surface area contributed by atoms with Gasteiger partial charge in [-0.15, -0.1) is 16.4 Å². The Labute approximate surface area is 229 Å². The number of aromatic nitrogens is 3. The number of morpholine rings is 1. The predicted octanol–water partition coefficient (Wildman–Crippen LogP) is 4.14. The van der Waals surface area contributed by atoms with Gasteiger partial charge in [-0.2, -0.15) is 0 Å². The number of nitrogens with one attached hydrogen (secondary N) is 2. The summed E-state index contributed by atoms with van der Waals surface area (Å²) >= 11 is 1.24. The topological polar surface area (TPSA) is 120 Å². The molecule has 39 heavy (non-hydrogen) atoms. The van der Waals surface area contributed by atoms with Crippen LogP contribution in [0.3, 0.4) is 0 Å². The summed E-state index contributed by atoms with van der Waals surface area (Å²) in [7, 11) is 1.30. The van der Waals surface area contributed by atoms with Gasteiger partial charge in [0.2, 0.25) is 0 Å². The second kappa shape index (κ2) is 12.5. The third kappa shape index (κ3) is 6.79. The second-order valence-corrected chi connectivity index (χ2v) is 9.57. The molecule has 2 aromatic carbocycles. The van der Waals surface area contributed by atoms with E-state index in [1.54, 1.807) is 28.3 Å². The third-order valence-corrected chi connectivity index (χ3v) is 6.94. The molecular formula is C27H28N6O5S. The van der Waals surface area contributed by atoms with Gasteiger partial charge >= 0.3 is 12.0 Å². The van der Waals surface area contributed by atoms with Crippen molar-refractivity contribution in [3.8, 4) is 22.7 Å². The minimum absolute atomic E-state index is 0.307. The fourth-order valence-corrected chi connectivity index (χ4v) is 4.77. The van der Waals surface area contributed by atoms with Crippen LogP contribution in [-0.4, -0.2) is 78.5 Å². The van der Waals surface area contributed by atoms with Gasteiger partial charge in [0.05, 0.1) is 37.8 Å². The zero-order valence-electron chi connectivity index (χ0n) is 21.3.